The third kappa shape index (κ3) is 3.83. The molecule has 0 heterocycles. The molecule has 3 nitrogen and oxygen atoms in total. The first-order valence-corrected chi connectivity index (χ1v) is 5.53. The summed E-state index contributed by atoms with van der Waals surface area (Å²) in [5.41, 5.74) is 0.821. The maximum absolute atomic E-state index is 11.0. The maximum atomic E-state index is 11.0. The Kier molecular flexibility index (Phi) is 4.77. The first-order chi connectivity index (χ1) is 7.50. The summed E-state index contributed by atoms with van der Waals surface area (Å²) in [5.74, 6) is 0.00306. The molecule has 0 aliphatic carbocycles. The second kappa shape index (κ2) is 5.87. The molecule has 0 saturated heterocycles. The Morgan fingerprint density at radius 3 is 2.50 bits per heavy atom. The van der Waals surface area contributed by atoms with Crippen molar-refractivity contribution in [3.05, 3.63) is 34.9 Å². The van der Waals surface area contributed by atoms with Crippen molar-refractivity contribution in [2.75, 3.05) is 13.6 Å². The van der Waals surface area contributed by atoms with E-state index in [1.54, 1.807) is 36.2 Å². The topological polar surface area (TPSA) is 40.5 Å². The first kappa shape index (κ1) is 13.0. The van der Waals surface area contributed by atoms with Gasteiger partial charge in [-0.3, -0.25) is 4.79 Å². The van der Waals surface area contributed by atoms with Crippen LogP contribution in [0.25, 0.3) is 0 Å². The van der Waals surface area contributed by atoms with Crippen LogP contribution in [-0.2, 0) is 4.79 Å². The second-order valence-electron chi connectivity index (χ2n) is 3.80. The maximum Gasteiger partial charge on any atom is 0.219 e. The minimum Gasteiger partial charge on any atom is -0.388 e. The van der Waals surface area contributed by atoms with Crippen LogP contribution in [0.15, 0.2) is 24.3 Å². The van der Waals surface area contributed by atoms with Crippen molar-refractivity contribution in [1.82, 2.24) is 4.90 Å². The quantitative estimate of drug-likeness (QED) is 0.878. The number of aliphatic hydroxyl groups is 1. The van der Waals surface area contributed by atoms with Gasteiger partial charge >= 0.3 is 0 Å². The zero-order valence-corrected chi connectivity index (χ0v) is 10.2. The number of hydrogen-bond acceptors (Lipinski definition) is 2. The van der Waals surface area contributed by atoms with E-state index >= 15 is 0 Å². The van der Waals surface area contributed by atoms with Crippen LogP contribution < -0.4 is 0 Å². The summed E-state index contributed by atoms with van der Waals surface area (Å²) in [7, 11) is 1.72. The van der Waals surface area contributed by atoms with Crippen molar-refractivity contribution in [3.8, 4) is 0 Å². The highest BCUT2D eigenvalue weighted by molar-refractivity contribution is 6.30. The zero-order chi connectivity index (χ0) is 12.1. The predicted octanol–water partition coefficient (Wildman–Crippen LogP) is 2.24. The number of halogens is 1. The smallest absolute Gasteiger partial charge is 0.219 e. The Morgan fingerprint density at radius 2 is 2.00 bits per heavy atom. The lowest BCUT2D eigenvalue weighted by atomic mass is 10.1. The molecule has 0 aliphatic heterocycles. The summed E-state index contributed by atoms with van der Waals surface area (Å²) in [6.07, 6.45) is -0.0309. The molecule has 88 valence electrons. The lowest BCUT2D eigenvalue weighted by molar-refractivity contribution is -0.127. The summed E-state index contributed by atoms with van der Waals surface area (Å²) < 4.78 is 0. The zero-order valence-electron chi connectivity index (χ0n) is 9.48. The molecule has 1 amide bonds. The van der Waals surface area contributed by atoms with E-state index in [1.807, 2.05) is 0 Å². The van der Waals surface area contributed by atoms with E-state index in [4.69, 9.17) is 11.6 Å². The van der Waals surface area contributed by atoms with Gasteiger partial charge in [0.2, 0.25) is 5.91 Å². The van der Waals surface area contributed by atoms with Crippen molar-refractivity contribution >= 4 is 17.5 Å². The van der Waals surface area contributed by atoms with E-state index < -0.39 is 6.10 Å². The normalized spacial score (nSPS) is 12.2. The van der Waals surface area contributed by atoms with E-state index in [0.717, 1.165) is 5.56 Å². The van der Waals surface area contributed by atoms with E-state index in [2.05, 4.69) is 0 Å². The standard InChI is InChI=1S/C12H16ClNO2/c1-9(15)14(2)8-7-12(16)10-3-5-11(13)6-4-10/h3-6,12,16H,7-8H2,1-2H3/t12-/m1/s1. The molecule has 0 saturated carbocycles. The van der Waals surface area contributed by atoms with E-state index in [9.17, 15) is 9.90 Å². The fourth-order valence-corrected chi connectivity index (χ4v) is 1.45. The Balaban J connectivity index is 2.49. The molecule has 0 aromatic heterocycles. The van der Waals surface area contributed by atoms with Crippen molar-refractivity contribution < 1.29 is 9.90 Å². The molecule has 0 unspecified atom stereocenters. The van der Waals surface area contributed by atoms with Crippen LogP contribution in [0.4, 0.5) is 0 Å². The van der Waals surface area contributed by atoms with Crippen LogP contribution in [0.5, 0.6) is 0 Å². The third-order valence-electron chi connectivity index (χ3n) is 2.53. The van der Waals surface area contributed by atoms with Crippen molar-refractivity contribution in [1.29, 1.82) is 0 Å². The van der Waals surface area contributed by atoms with Crippen LogP contribution in [0.1, 0.15) is 25.0 Å². The number of nitrogens with zero attached hydrogens (tertiary/aromatic N) is 1. The van der Waals surface area contributed by atoms with E-state index in [1.165, 1.54) is 6.92 Å². The van der Waals surface area contributed by atoms with Gasteiger partial charge in [-0.05, 0) is 24.1 Å². The minimum absolute atomic E-state index is 0.00306. The van der Waals surface area contributed by atoms with Crippen LogP contribution >= 0.6 is 11.6 Å². The van der Waals surface area contributed by atoms with Crippen molar-refractivity contribution in [3.63, 3.8) is 0 Å². The van der Waals surface area contributed by atoms with Crippen LogP contribution in [0, 0.1) is 0 Å². The van der Waals surface area contributed by atoms with Crippen LogP contribution in [0.2, 0.25) is 5.02 Å². The lowest BCUT2D eigenvalue weighted by Gasteiger charge is -2.17. The largest absolute Gasteiger partial charge is 0.388 e. The summed E-state index contributed by atoms with van der Waals surface area (Å²) in [5, 5.41) is 10.5. The van der Waals surface area contributed by atoms with E-state index in [-0.39, 0.29) is 5.91 Å². The molecule has 4 heteroatoms. The second-order valence-corrected chi connectivity index (χ2v) is 4.23. The third-order valence-corrected chi connectivity index (χ3v) is 2.78. The molecule has 0 aliphatic rings. The number of benzene rings is 1. The number of rotatable bonds is 4. The van der Waals surface area contributed by atoms with Gasteiger partial charge in [0, 0.05) is 25.5 Å². The Hall–Kier alpha value is -1.06. The Labute approximate surface area is 101 Å². The first-order valence-electron chi connectivity index (χ1n) is 5.16. The highest BCUT2D eigenvalue weighted by Crippen LogP contribution is 2.19. The van der Waals surface area contributed by atoms with Gasteiger partial charge in [0.15, 0.2) is 0 Å². The summed E-state index contributed by atoms with van der Waals surface area (Å²) in [6, 6.07) is 7.07. The Morgan fingerprint density at radius 1 is 1.44 bits per heavy atom. The van der Waals surface area contributed by atoms with Gasteiger partial charge in [-0.15, -0.1) is 0 Å². The minimum atomic E-state index is -0.556. The molecule has 1 rings (SSSR count). The average molecular weight is 242 g/mol. The molecule has 1 atom stereocenters. The molecule has 16 heavy (non-hydrogen) atoms. The number of carbonyl (C=O) groups excluding carboxylic acids is 1. The van der Waals surface area contributed by atoms with Crippen molar-refractivity contribution in [2.45, 2.75) is 19.4 Å². The van der Waals surface area contributed by atoms with Crippen LogP contribution in [0.3, 0.4) is 0 Å². The predicted molar refractivity (Wildman–Crippen MR) is 64.3 cm³/mol. The molecule has 0 radical (unpaired) electrons. The molecular weight excluding hydrogens is 226 g/mol. The van der Waals surface area contributed by atoms with Gasteiger partial charge in [0.25, 0.3) is 0 Å². The summed E-state index contributed by atoms with van der Waals surface area (Å²) in [4.78, 5) is 12.5. The fourth-order valence-electron chi connectivity index (χ4n) is 1.32. The van der Waals surface area contributed by atoms with Crippen LogP contribution in [-0.4, -0.2) is 29.5 Å². The highest BCUT2D eigenvalue weighted by Gasteiger charge is 2.09. The monoisotopic (exact) mass is 241 g/mol. The molecule has 1 aromatic carbocycles. The van der Waals surface area contributed by atoms with Gasteiger partial charge in [0.05, 0.1) is 6.10 Å². The number of aliphatic hydroxyl groups excluding tert-OH is 1. The molecule has 1 aromatic rings. The van der Waals surface area contributed by atoms with Gasteiger partial charge in [-0.1, -0.05) is 23.7 Å². The molecular formula is C12H16ClNO2. The molecule has 0 bridgehead atoms. The average Bonchev–Trinajstić information content (AvgIpc) is 2.26. The van der Waals surface area contributed by atoms with Gasteiger partial charge in [-0.25, -0.2) is 0 Å². The van der Waals surface area contributed by atoms with E-state index in [0.29, 0.717) is 18.0 Å². The lowest BCUT2D eigenvalue weighted by Crippen LogP contribution is -2.26. The number of amides is 1. The van der Waals surface area contributed by atoms with Gasteiger partial charge < -0.3 is 10.0 Å². The molecule has 1 N–H and O–H groups in total. The number of carbonyl (C=O) groups is 1. The fraction of sp³-hybridized carbons (Fsp3) is 0.417. The summed E-state index contributed by atoms with van der Waals surface area (Å²) >= 11 is 5.75. The number of hydrogen-bond donors (Lipinski definition) is 1. The Bertz CT molecular complexity index is 351. The van der Waals surface area contributed by atoms with Gasteiger partial charge in [-0.2, -0.15) is 0 Å². The highest BCUT2D eigenvalue weighted by atomic mass is 35.5. The molecule has 0 spiro atoms. The van der Waals surface area contributed by atoms with Gasteiger partial charge in [0.1, 0.15) is 0 Å². The summed E-state index contributed by atoms with van der Waals surface area (Å²) in [6.45, 7) is 2.05. The van der Waals surface area contributed by atoms with Crippen molar-refractivity contribution in [2.24, 2.45) is 0 Å². The SMILES string of the molecule is CC(=O)N(C)CC[C@@H](O)c1ccc(Cl)cc1. The molecule has 0 fully saturated rings.